The van der Waals surface area contributed by atoms with E-state index in [1.165, 1.54) is 13.2 Å². The van der Waals surface area contributed by atoms with Crippen molar-refractivity contribution in [3.8, 4) is 0 Å². The van der Waals surface area contributed by atoms with E-state index in [-0.39, 0.29) is 15.4 Å². The van der Waals surface area contributed by atoms with Crippen LogP contribution in [0.1, 0.15) is 28.8 Å². The van der Waals surface area contributed by atoms with E-state index in [4.69, 9.17) is 29.2 Å². The molecule has 0 aromatic heterocycles. The number of halogens is 1. The summed E-state index contributed by atoms with van der Waals surface area (Å²) in [5.41, 5.74) is 0.753. The van der Waals surface area contributed by atoms with Crippen molar-refractivity contribution in [1.29, 1.82) is 0 Å². The van der Waals surface area contributed by atoms with Crippen LogP contribution in [0, 0.1) is 6.92 Å². The molecule has 7 heteroatoms. The maximum atomic E-state index is 12.7. The van der Waals surface area contributed by atoms with E-state index in [2.05, 4.69) is 5.32 Å². The highest BCUT2D eigenvalue weighted by molar-refractivity contribution is 7.52. The van der Waals surface area contributed by atoms with Crippen LogP contribution >= 0.6 is 11.6 Å². The molecule has 1 saturated carbocycles. The summed E-state index contributed by atoms with van der Waals surface area (Å²) in [5, 5.41) is 3.26. The fourth-order valence-electron chi connectivity index (χ4n) is 2.54. The summed E-state index contributed by atoms with van der Waals surface area (Å²) in [6, 6.07) is 3.18. The number of aryl methyl sites for hydroxylation is 1. The van der Waals surface area contributed by atoms with Crippen LogP contribution in [0.25, 0.3) is 0 Å². The van der Waals surface area contributed by atoms with E-state index in [0.717, 1.165) is 12.8 Å². The minimum atomic E-state index is -0.616. The molecule has 1 aromatic carbocycles. The molecule has 1 aliphatic rings. The number of benzene rings is 1. The number of rotatable bonds is 4. The van der Waals surface area contributed by atoms with Gasteiger partial charge in [0.15, 0.2) is 5.54 Å². The predicted octanol–water partition coefficient (Wildman–Crippen LogP) is 2.44. The van der Waals surface area contributed by atoms with E-state index in [1.807, 2.05) is 14.1 Å². The number of nitrogens with zero attached hydrogens (tertiary/aromatic N) is 1. The SMILES string of the molecule is COC(=O)c1cc(Cl)cc(C)c1NC(=O)C1([N+](C)(C)[S-])CC1. The van der Waals surface area contributed by atoms with Crippen molar-refractivity contribution >= 4 is 42.0 Å². The number of hydrogen-bond donors (Lipinski definition) is 1. The molecule has 0 bridgehead atoms. The molecule has 5 nitrogen and oxygen atoms in total. The highest BCUT2D eigenvalue weighted by atomic mass is 35.5. The van der Waals surface area contributed by atoms with Gasteiger partial charge in [0.05, 0.1) is 32.5 Å². The molecular formula is C15H19ClN2O3S. The summed E-state index contributed by atoms with van der Waals surface area (Å²) in [6.07, 6.45) is 1.46. The minimum Gasteiger partial charge on any atom is -0.494 e. The van der Waals surface area contributed by atoms with Gasteiger partial charge >= 0.3 is 5.97 Å². The number of carbonyl (C=O) groups excluding carboxylic acids is 2. The van der Waals surface area contributed by atoms with Gasteiger partial charge in [0, 0.05) is 17.9 Å². The number of anilines is 1. The van der Waals surface area contributed by atoms with Gasteiger partial charge in [-0.3, -0.25) is 4.79 Å². The lowest BCUT2D eigenvalue weighted by atomic mass is 10.1. The Bertz CT molecular complexity index is 636. The molecule has 0 atom stereocenters. The zero-order valence-corrected chi connectivity index (χ0v) is 14.6. The Kier molecular flexibility index (Phi) is 4.48. The van der Waals surface area contributed by atoms with Crippen LogP contribution in [0.4, 0.5) is 5.69 Å². The Morgan fingerprint density at radius 3 is 2.41 bits per heavy atom. The zero-order valence-electron chi connectivity index (χ0n) is 13.0. The smallest absolute Gasteiger partial charge is 0.340 e. The monoisotopic (exact) mass is 342 g/mol. The molecule has 22 heavy (non-hydrogen) atoms. The van der Waals surface area contributed by atoms with Gasteiger partial charge in [-0.25, -0.2) is 4.79 Å². The first kappa shape index (κ1) is 17.1. The standard InChI is InChI=1S/C15H19ClN2O3S/c1-9-7-10(16)8-11(13(19)21-4)12(9)17-14(20)15(5-6-15)18(2,3)22/h7-8H,5-6H2,1-4H3,(H,17,20). The number of carbonyl (C=O) groups is 2. The largest absolute Gasteiger partial charge is 0.494 e. The second-order valence-corrected chi connectivity index (χ2v) is 7.32. The highest BCUT2D eigenvalue weighted by Crippen LogP contribution is 2.45. The first-order valence-corrected chi connectivity index (χ1v) is 7.62. The number of hydrogen-bond acceptors (Lipinski definition) is 4. The molecule has 2 rings (SSSR count). The van der Waals surface area contributed by atoms with Crippen molar-refractivity contribution in [2.45, 2.75) is 25.3 Å². The van der Waals surface area contributed by atoms with Crippen molar-refractivity contribution in [1.82, 2.24) is 0 Å². The third-order valence-corrected chi connectivity index (χ3v) is 4.69. The van der Waals surface area contributed by atoms with Crippen LogP contribution in [0.5, 0.6) is 0 Å². The molecule has 0 heterocycles. The Morgan fingerprint density at radius 1 is 1.36 bits per heavy atom. The van der Waals surface area contributed by atoms with Crippen LogP contribution in [0.15, 0.2) is 12.1 Å². The molecule has 0 radical (unpaired) electrons. The molecule has 0 saturated heterocycles. The number of ether oxygens (including phenoxy) is 1. The Balaban J connectivity index is 2.38. The van der Waals surface area contributed by atoms with E-state index in [1.54, 1.807) is 13.0 Å². The van der Waals surface area contributed by atoms with Gasteiger partial charge in [-0.05, 0) is 24.6 Å². The van der Waals surface area contributed by atoms with Gasteiger partial charge < -0.3 is 26.8 Å². The van der Waals surface area contributed by atoms with E-state index in [9.17, 15) is 9.59 Å². The van der Waals surface area contributed by atoms with Crippen LogP contribution in [-0.4, -0.2) is 42.5 Å². The van der Waals surface area contributed by atoms with Crippen LogP contribution in [0.2, 0.25) is 5.02 Å². The summed E-state index contributed by atoms with van der Waals surface area (Å²) >= 11 is 11.4. The average molecular weight is 343 g/mol. The van der Waals surface area contributed by atoms with Gasteiger partial charge in [-0.15, -0.1) is 0 Å². The third kappa shape index (κ3) is 2.95. The van der Waals surface area contributed by atoms with Gasteiger partial charge in [-0.1, -0.05) is 11.6 Å². The Hall–Kier alpha value is -1.24. The quantitative estimate of drug-likeness (QED) is 0.519. The van der Waals surface area contributed by atoms with Crippen LogP contribution < -0.4 is 5.32 Å². The van der Waals surface area contributed by atoms with Crippen LogP contribution in [0.3, 0.4) is 0 Å². The van der Waals surface area contributed by atoms with E-state index < -0.39 is 11.5 Å². The fraction of sp³-hybridized carbons (Fsp3) is 0.467. The lowest BCUT2D eigenvalue weighted by molar-refractivity contribution is -0.780. The van der Waals surface area contributed by atoms with Crippen molar-refractivity contribution in [2.24, 2.45) is 0 Å². The fourth-order valence-corrected chi connectivity index (χ4v) is 3.08. The van der Waals surface area contributed by atoms with Crippen LogP contribution in [-0.2, 0) is 22.3 Å². The zero-order chi connectivity index (χ0) is 16.7. The minimum absolute atomic E-state index is 0.138. The second kappa shape index (κ2) is 5.76. The van der Waals surface area contributed by atoms with Gasteiger partial charge in [0.25, 0.3) is 5.91 Å². The maximum absolute atomic E-state index is 12.7. The summed E-state index contributed by atoms with van der Waals surface area (Å²) in [5.74, 6) is -0.721. The van der Waals surface area contributed by atoms with Crippen molar-refractivity contribution in [2.75, 3.05) is 26.5 Å². The number of nitrogens with one attached hydrogen (secondary N) is 1. The normalized spacial score (nSPS) is 16.1. The summed E-state index contributed by atoms with van der Waals surface area (Å²) in [6.45, 7) is 1.78. The molecule has 120 valence electrons. The number of esters is 1. The molecule has 1 aliphatic carbocycles. The molecule has 0 spiro atoms. The predicted molar refractivity (Wildman–Crippen MR) is 87.6 cm³/mol. The van der Waals surface area contributed by atoms with E-state index in [0.29, 0.717) is 16.3 Å². The van der Waals surface area contributed by atoms with Gasteiger partial charge in [0.1, 0.15) is 0 Å². The first-order chi connectivity index (χ1) is 10.1. The van der Waals surface area contributed by atoms with Crippen molar-refractivity contribution < 1.29 is 18.2 Å². The molecule has 0 aliphatic heterocycles. The molecule has 1 N–H and O–H groups in total. The summed E-state index contributed by atoms with van der Waals surface area (Å²) in [4.78, 5) is 24.6. The van der Waals surface area contributed by atoms with Crippen molar-refractivity contribution in [3.05, 3.63) is 28.3 Å². The van der Waals surface area contributed by atoms with Gasteiger partial charge in [0.2, 0.25) is 0 Å². The summed E-state index contributed by atoms with van der Waals surface area (Å²) < 4.78 is 4.90. The summed E-state index contributed by atoms with van der Waals surface area (Å²) in [7, 11) is 4.92. The molecule has 1 fully saturated rings. The topological polar surface area (TPSA) is 55.4 Å². The molecule has 1 amide bonds. The lowest BCUT2D eigenvalue weighted by Crippen LogP contribution is -2.53. The highest BCUT2D eigenvalue weighted by Gasteiger charge is 2.58. The number of amides is 1. The number of likely N-dealkylation sites (N-methyl/N-ethyl adjacent to an activating group) is 1. The first-order valence-electron chi connectivity index (χ1n) is 6.87. The molecule has 1 aromatic rings. The second-order valence-electron chi connectivity index (χ2n) is 5.97. The Labute approximate surface area is 140 Å². The van der Waals surface area contributed by atoms with Crippen molar-refractivity contribution in [3.63, 3.8) is 0 Å². The number of quaternary nitrogens is 1. The molecular weight excluding hydrogens is 324 g/mol. The van der Waals surface area contributed by atoms with E-state index >= 15 is 0 Å². The maximum Gasteiger partial charge on any atom is 0.340 e. The average Bonchev–Trinajstić information content (AvgIpc) is 3.21. The number of methoxy groups -OCH3 is 1. The third-order valence-electron chi connectivity index (χ3n) is 4.12. The molecule has 0 unspecified atom stereocenters. The van der Waals surface area contributed by atoms with Gasteiger partial charge in [-0.2, -0.15) is 0 Å². The Morgan fingerprint density at radius 2 is 1.95 bits per heavy atom. The lowest BCUT2D eigenvalue weighted by Gasteiger charge is -2.43.